The van der Waals surface area contributed by atoms with Crippen LogP contribution in [0.5, 0.6) is 0 Å². The third kappa shape index (κ3) is 7.04. The molecule has 2 amide bonds. The van der Waals surface area contributed by atoms with E-state index >= 15 is 0 Å². The zero-order valence-electron chi connectivity index (χ0n) is 19.8. The number of nitrogens with one attached hydrogen (secondary N) is 1. The third-order valence-corrected chi connectivity index (χ3v) is 5.45. The molecule has 0 atom stereocenters. The summed E-state index contributed by atoms with van der Waals surface area (Å²) >= 11 is 0. The van der Waals surface area contributed by atoms with Crippen molar-refractivity contribution in [1.29, 1.82) is 0 Å². The first-order valence-electron chi connectivity index (χ1n) is 11.3. The summed E-state index contributed by atoms with van der Waals surface area (Å²) in [5.41, 5.74) is 4.76. The number of hydrogen-bond donors (Lipinski definition) is 1. The number of carbonyl (C=O) groups is 3. The van der Waals surface area contributed by atoms with Crippen LogP contribution < -0.4 is 5.32 Å². The van der Waals surface area contributed by atoms with Crippen molar-refractivity contribution >= 4 is 17.8 Å². The van der Waals surface area contributed by atoms with Crippen molar-refractivity contribution in [3.8, 4) is 0 Å². The number of aryl methyl sites for hydroxylation is 3. The van der Waals surface area contributed by atoms with Gasteiger partial charge in [0.05, 0.1) is 12.1 Å². The summed E-state index contributed by atoms with van der Waals surface area (Å²) in [7, 11) is 0. The number of hydrogen-bond acceptors (Lipinski definition) is 4. The number of amides is 2. The van der Waals surface area contributed by atoms with Crippen LogP contribution in [0.15, 0.2) is 72.8 Å². The second kappa shape index (κ2) is 11.8. The highest BCUT2D eigenvalue weighted by molar-refractivity contribution is 5.95. The molecular weight excluding hydrogens is 428 g/mol. The molecule has 0 unspecified atom stereocenters. The third-order valence-electron chi connectivity index (χ3n) is 5.45. The molecule has 0 aliphatic carbocycles. The quantitative estimate of drug-likeness (QED) is 0.484. The Morgan fingerprint density at radius 1 is 0.676 bits per heavy atom. The highest BCUT2D eigenvalue weighted by atomic mass is 16.5. The van der Waals surface area contributed by atoms with Crippen molar-refractivity contribution in [3.63, 3.8) is 0 Å². The predicted molar refractivity (Wildman–Crippen MR) is 132 cm³/mol. The van der Waals surface area contributed by atoms with Gasteiger partial charge in [0.15, 0.2) is 0 Å². The van der Waals surface area contributed by atoms with Crippen molar-refractivity contribution in [2.24, 2.45) is 0 Å². The lowest BCUT2D eigenvalue weighted by Gasteiger charge is -2.23. The lowest BCUT2D eigenvalue weighted by Crippen LogP contribution is -2.40. The van der Waals surface area contributed by atoms with Gasteiger partial charge in [-0.1, -0.05) is 53.1 Å². The molecule has 3 rings (SSSR count). The normalized spacial score (nSPS) is 10.4. The van der Waals surface area contributed by atoms with Gasteiger partial charge in [-0.25, -0.2) is 4.79 Å². The number of esters is 1. The molecule has 0 bridgehead atoms. The van der Waals surface area contributed by atoms with Crippen LogP contribution in [0.2, 0.25) is 0 Å². The van der Waals surface area contributed by atoms with Gasteiger partial charge < -0.3 is 15.0 Å². The summed E-state index contributed by atoms with van der Waals surface area (Å²) in [5.74, 6) is -0.820. The standard InChI is InChI=1S/C28H30N2O4/c1-20-4-10-23(11-5-20)26(31)29-16-17-30(27(32)24-12-6-21(2)7-13-24)18-19-34-28(33)25-14-8-22(3)9-15-25/h4-15H,16-19H2,1-3H3,(H,29,31). The van der Waals surface area contributed by atoms with E-state index in [1.165, 1.54) is 0 Å². The number of nitrogens with zero attached hydrogens (tertiary/aromatic N) is 1. The molecule has 0 heterocycles. The van der Waals surface area contributed by atoms with Crippen LogP contribution in [0.1, 0.15) is 47.8 Å². The minimum Gasteiger partial charge on any atom is -0.460 e. The van der Waals surface area contributed by atoms with Crippen molar-refractivity contribution in [1.82, 2.24) is 10.2 Å². The second-order valence-corrected chi connectivity index (χ2v) is 8.28. The van der Waals surface area contributed by atoms with Crippen LogP contribution in [0.25, 0.3) is 0 Å². The van der Waals surface area contributed by atoms with Crippen LogP contribution in [0, 0.1) is 20.8 Å². The molecule has 3 aromatic carbocycles. The van der Waals surface area contributed by atoms with Crippen molar-refractivity contribution in [2.75, 3.05) is 26.2 Å². The Morgan fingerprint density at radius 2 is 1.15 bits per heavy atom. The monoisotopic (exact) mass is 458 g/mol. The maximum atomic E-state index is 13.1. The minimum absolute atomic E-state index is 0.0518. The summed E-state index contributed by atoms with van der Waals surface area (Å²) in [5, 5.41) is 2.85. The zero-order chi connectivity index (χ0) is 24.5. The molecule has 1 N–H and O–H groups in total. The highest BCUT2D eigenvalue weighted by Crippen LogP contribution is 2.09. The van der Waals surface area contributed by atoms with Crippen LogP contribution in [0.4, 0.5) is 0 Å². The van der Waals surface area contributed by atoms with Crippen molar-refractivity contribution in [2.45, 2.75) is 20.8 Å². The first-order valence-corrected chi connectivity index (χ1v) is 11.3. The molecule has 6 heteroatoms. The minimum atomic E-state index is -0.435. The number of carbonyl (C=O) groups excluding carboxylic acids is 3. The van der Waals surface area contributed by atoms with Gasteiger partial charge in [0, 0.05) is 24.2 Å². The zero-order valence-corrected chi connectivity index (χ0v) is 19.8. The van der Waals surface area contributed by atoms with Gasteiger partial charge in [-0.2, -0.15) is 0 Å². The van der Waals surface area contributed by atoms with E-state index in [0.29, 0.717) is 16.7 Å². The molecule has 0 fully saturated rings. The average molecular weight is 459 g/mol. The number of rotatable bonds is 9. The van der Waals surface area contributed by atoms with E-state index in [0.717, 1.165) is 16.7 Å². The van der Waals surface area contributed by atoms with Crippen LogP contribution in [-0.2, 0) is 4.74 Å². The highest BCUT2D eigenvalue weighted by Gasteiger charge is 2.17. The van der Waals surface area contributed by atoms with Crippen LogP contribution in [-0.4, -0.2) is 48.9 Å². The Hall–Kier alpha value is -3.93. The second-order valence-electron chi connectivity index (χ2n) is 8.28. The maximum Gasteiger partial charge on any atom is 0.338 e. The lowest BCUT2D eigenvalue weighted by molar-refractivity contribution is 0.0436. The average Bonchev–Trinajstić information content (AvgIpc) is 2.83. The van der Waals surface area contributed by atoms with Gasteiger partial charge >= 0.3 is 5.97 Å². The van der Waals surface area contributed by atoms with E-state index in [-0.39, 0.29) is 38.1 Å². The summed E-state index contributed by atoms with van der Waals surface area (Å²) in [4.78, 5) is 39.4. The molecule has 0 aliphatic heterocycles. The van der Waals surface area contributed by atoms with Crippen molar-refractivity contribution < 1.29 is 19.1 Å². The fraction of sp³-hybridized carbons (Fsp3) is 0.250. The predicted octanol–water partition coefficient (Wildman–Crippen LogP) is 4.34. The Labute approximate surface area is 200 Å². The number of ether oxygens (including phenoxy) is 1. The Morgan fingerprint density at radius 3 is 1.68 bits per heavy atom. The molecule has 34 heavy (non-hydrogen) atoms. The first kappa shape index (κ1) is 24.7. The van der Waals surface area contributed by atoms with Gasteiger partial charge in [0.25, 0.3) is 11.8 Å². The van der Waals surface area contributed by atoms with E-state index < -0.39 is 5.97 Å². The molecule has 0 radical (unpaired) electrons. The molecule has 3 aromatic rings. The molecule has 0 aromatic heterocycles. The van der Waals surface area contributed by atoms with E-state index in [1.807, 2.05) is 57.2 Å². The molecule has 176 valence electrons. The van der Waals surface area contributed by atoms with E-state index in [2.05, 4.69) is 5.32 Å². The summed E-state index contributed by atoms with van der Waals surface area (Å²) in [6.07, 6.45) is 0. The Bertz CT molecular complexity index is 1060. The van der Waals surface area contributed by atoms with E-state index in [1.54, 1.807) is 41.3 Å². The molecule has 0 saturated heterocycles. The SMILES string of the molecule is Cc1ccc(C(=O)NCCN(CCOC(=O)c2ccc(C)cc2)C(=O)c2ccc(C)cc2)cc1. The van der Waals surface area contributed by atoms with Gasteiger partial charge in [0.1, 0.15) is 6.61 Å². The number of benzene rings is 3. The van der Waals surface area contributed by atoms with Crippen LogP contribution >= 0.6 is 0 Å². The van der Waals surface area contributed by atoms with Crippen molar-refractivity contribution in [3.05, 3.63) is 106 Å². The topological polar surface area (TPSA) is 75.7 Å². The lowest BCUT2D eigenvalue weighted by atomic mass is 10.1. The van der Waals surface area contributed by atoms with Crippen LogP contribution in [0.3, 0.4) is 0 Å². The van der Waals surface area contributed by atoms with Gasteiger partial charge in [-0.3, -0.25) is 9.59 Å². The van der Waals surface area contributed by atoms with Gasteiger partial charge in [-0.05, 0) is 57.2 Å². The van der Waals surface area contributed by atoms with E-state index in [4.69, 9.17) is 4.74 Å². The summed E-state index contributed by atoms with van der Waals surface area (Å²) in [6.45, 7) is 6.68. The molecular formula is C28H30N2O4. The molecule has 0 saturated carbocycles. The summed E-state index contributed by atoms with van der Waals surface area (Å²) in [6, 6.07) is 21.7. The molecule has 6 nitrogen and oxygen atoms in total. The first-order chi connectivity index (χ1) is 16.3. The van der Waals surface area contributed by atoms with Gasteiger partial charge in [-0.15, -0.1) is 0 Å². The smallest absolute Gasteiger partial charge is 0.338 e. The van der Waals surface area contributed by atoms with E-state index in [9.17, 15) is 14.4 Å². The maximum absolute atomic E-state index is 13.1. The summed E-state index contributed by atoms with van der Waals surface area (Å²) < 4.78 is 5.39. The fourth-order valence-electron chi connectivity index (χ4n) is 3.33. The van der Waals surface area contributed by atoms with Gasteiger partial charge in [0.2, 0.25) is 0 Å². The Kier molecular flexibility index (Phi) is 8.57. The molecule has 0 spiro atoms. The molecule has 0 aliphatic rings. The fourth-order valence-corrected chi connectivity index (χ4v) is 3.33. The largest absolute Gasteiger partial charge is 0.460 e. The Balaban J connectivity index is 1.60.